The maximum Gasteiger partial charge on any atom is 0.229 e. The molecule has 0 aliphatic rings. The van der Waals surface area contributed by atoms with Crippen molar-refractivity contribution >= 4 is 23.2 Å². The molecule has 1 aromatic rings. The molecule has 4 heteroatoms. The summed E-state index contributed by atoms with van der Waals surface area (Å²) in [7, 11) is 0. The van der Waals surface area contributed by atoms with E-state index >= 15 is 0 Å². The van der Waals surface area contributed by atoms with Gasteiger partial charge in [-0.3, -0.25) is 4.79 Å². The van der Waals surface area contributed by atoms with Gasteiger partial charge in [0.25, 0.3) is 0 Å². The second-order valence-electron chi connectivity index (χ2n) is 4.74. The highest BCUT2D eigenvalue weighted by Crippen LogP contribution is 2.26. The van der Waals surface area contributed by atoms with Crippen LogP contribution in [0.2, 0.25) is 5.02 Å². The smallest absolute Gasteiger partial charge is 0.229 e. The van der Waals surface area contributed by atoms with Gasteiger partial charge in [0.1, 0.15) is 5.82 Å². The van der Waals surface area contributed by atoms with Crippen LogP contribution in [0, 0.1) is 18.2 Å². The fourth-order valence-corrected chi connectivity index (χ4v) is 1.30. The van der Waals surface area contributed by atoms with Crippen LogP contribution < -0.4 is 5.32 Å². The lowest BCUT2D eigenvalue weighted by atomic mass is 9.95. The molecule has 0 saturated carbocycles. The number of hydrogen-bond acceptors (Lipinski definition) is 1. The molecule has 1 N–H and O–H groups in total. The number of hydrogen-bond donors (Lipinski definition) is 1. The minimum Gasteiger partial charge on any atom is -0.325 e. The minimum atomic E-state index is -0.511. The highest BCUT2D eigenvalue weighted by molar-refractivity contribution is 6.30. The standard InChI is InChI=1S/C12H15ClFNO/c1-7-9(6-5-8(13)10(7)14)15-11(16)12(2,3)4/h5-6H,1-4H3,(H,15,16). The van der Waals surface area contributed by atoms with Gasteiger partial charge in [-0.05, 0) is 19.1 Å². The Bertz CT molecular complexity index is 424. The fourth-order valence-electron chi connectivity index (χ4n) is 1.10. The van der Waals surface area contributed by atoms with Crippen molar-refractivity contribution in [3.05, 3.63) is 28.5 Å². The van der Waals surface area contributed by atoms with Crippen LogP contribution in [0.1, 0.15) is 26.3 Å². The van der Waals surface area contributed by atoms with Crippen molar-refractivity contribution in [2.24, 2.45) is 5.41 Å². The summed E-state index contributed by atoms with van der Waals surface area (Å²) in [5.41, 5.74) is 0.301. The average Bonchev–Trinajstić information content (AvgIpc) is 2.17. The second kappa shape index (κ2) is 4.42. The van der Waals surface area contributed by atoms with E-state index in [0.29, 0.717) is 11.3 Å². The molecule has 0 unspecified atom stereocenters. The first kappa shape index (κ1) is 13.0. The maximum atomic E-state index is 13.5. The Morgan fingerprint density at radius 3 is 2.44 bits per heavy atom. The van der Waals surface area contributed by atoms with Gasteiger partial charge >= 0.3 is 0 Å². The Morgan fingerprint density at radius 2 is 1.94 bits per heavy atom. The zero-order valence-corrected chi connectivity index (χ0v) is 10.6. The molecule has 88 valence electrons. The fraction of sp³-hybridized carbons (Fsp3) is 0.417. The van der Waals surface area contributed by atoms with E-state index in [1.807, 2.05) is 0 Å². The molecule has 1 rings (SSSR count). The quantitative estimate of drug-likeness (QED) is 0.799. The van der Waals surface area contributed by atoms with Crippen LogP contribution in [0.3, 0.4) is 0 Å². The molecular weight excluding hydrogens is 229 g/mol. The number of nitrogens with one attached hydrogen (secondary N) is 1. The summed E-state index contributed by atoms with van der Waals surface area (Å²) in [6, 6.07) is 3.03. The molecule has 0 radical (unpaired) electrons. The normalized spacial score (nSPS) is 11.4. The third-order valence-corrected chi connectivity index (χ3v) is 2.56. The number of rotatable bonds is 1. The second-order valence-corrected chi connectivity index (χ2v) is 5.15. The molecule has 16 heavy (non-hydrogen) atoms. The summed E-state index contributed by atoms with van der Waals surface area (Å²) < 4.78 is 13.5. The Balaban J connectivity index is 3.00. The third kappa shape index (κ3) is 2.73. The van der Waals surface area contributed by atoms with Crippen LogP contribution in [-0.4, -0.2) is 5.91 Å². The number of halogens is 2. The molecule has 0 aliphatic carbocycles. The van der Waals surface area contributed by atoms with Gasteiger partial charge in [-0.15, -0.1) is 0 Å². The monoisotopic (exact) mass is 243 g/mol. The predicted octanol–water partition coefficient (Wildman–Crippen LogP) is 3.77. The lowest BCUT2D eigenvalue weighted by molar-refractivity contribution is -0.123. The minimum absolute atomic E-state index is 0.0613. The average molecular weight is 244 g/mol. The number of amides is 1. The first-order valence-electron chi connectivity index (χ1n) is 4.99. The first-order chi connectivity index (χ1) is 7.23. The lowest BCUT2D eigenvalue weighted by Gasteiger charge is -2.19. The molecule has 0 saturated heterocycles. The maximum absolute atomic E-state index is 13.5. The summed E-state index contributed by atoms with van der Waals surface area (Å²) in [6.45, 7) is 6.97. The Kier molecular flexibility index (Phi) is 3.58. The zero-order valence-electron chi connectivity index (χ0n) is 9.82. The first-order valence-corrected chi connectivity index (χ1v) is 5.37. The molecule has 0 fully saturated rings. The van der Waals surface area contributed by atoms with Crippen molar-refractivity contribution in [3.63, 3.8) is 0 Å². The van der Waals surface area contributed by atoms with Gasteiger partial charge in [0, 0.05) is 16.7 Å². The van der Waals surface area contributed by atoms with Gasteiger partial charge < -0.3 is 5.32 Å². The molecular formula is C12H15ClFNO. The van der Waals surface area contributed by atoms with Crippen LogP contribution in [0.5, 0.6) is 0 Å². The highest BCUT2D eigenvalue weighted by Gasteiger charge is 2.22. The van der Waals surface area contributed by atoms with Gasteiger partial charge in [0.15, 0.2) is 0 Å². The van der Waals surface area contributed by atoms with E-state index in [0.717, 1.165) is 0 Å². The van der Waals surface area contributed by atoms with Crippen molar-refractivity contribution in [3.8, 4) is 0 Å². The Hall–Kier alpha value is -1.09. The predicted molar refractivity (Wildman–Crippen MR) is 64.2 cm³/mol. The van der Waals surface area contributed by atoms with E-state index in [-0.39, 0.29) is 10.9 Å². The molecule has 0 atom stereocenters. The van der Waals surface area contributed by atoms with Crippen LogP contribution in [0.25, 0.3) is 0 Å². The summed E-state index contributed by atoms with van der Waals surface area (Å²) >= 11 is 5.62. The van der Waals surface area contributed by atoms with Gasteiger partial charge in [-0.1, -0.05) is 32.4 Å². The van der Waals surface area contributed by atoms with Crippen molar-refractivity contribution < 1.29 is 9.18 Å². The van der Waals surface area contributed by atoms with Crippen LogP contribution in [0.15, 0.2) is 12.1 Å². The van der Waals surface area contributed by atoms with Gasteiger partial charge in [0.05, 0.1) is 5.02 Å². The van der Waals surface area contributed by atoms with E-state index in [2.05, 4.69) is 5.32 Å². The van der Waals surface area contributed by atoms with Gasteiger partial charge in [-0.2, -0.15) is 0 Å². The van der Waals surface area contributed by atoms with Crippen molar-refractivity contribution in [1.82, 2.24) is 0 Å². The summed E-state index contributed by atoms with van der Waals surface area (Å²) in [6.07, 6.45) is 0. The topological polar surface area (TPSA) is 29.1 Å². The van der Waals surface area contributed by atoms with Crippen LogP contribution in [-0.2, 0) is 4.79 Å². The summed E-state index contributed by atoms with van der Waals surface area (Å²) in [5.74, 6) is -0.648. The molecule has 0 aromatic heterocycles. The molecule has 1 amide bonds. The third-order valence-electron chi connectivity index (χ3n) is 2.27. The number of anilines is 1. The molecule has 2 nitrogen and oxygen atoms in total. The highest BCUT2D eigenvalue weighted by atomic mass is 35.5. The van der Waals surface area contributed by atoms with Gasteiger partial charge in [0.2, 0.25) is 5.91 Å². The van der Waals surface area contributed by atoms with Crippen molar-refractivity contribution in [2.75, 3.05) is 5.32 Å². The van der Waals surface area contributed by atoms with Crippen molar-refractivity contribution in [2.45, 2.75) is 27.7 Å². The molecule has 0 bridgehead atoms. The lowest BCUT2D eigenvalue weighted by Crippen LogP contribution is -2.28. The SMILES string of the molecule is Cc1c(NC(=O)C(C)(C)C)ccc(Cl)c1F. The van der Waals surface area contributed by atoms with Crippen LogP contribution >= 0.6 is 11.6 Å². The largest absolute Gasteiger partial charge is 0.325 e. The molecule has 1 aromatic carbocycles. The number of carbonyl (C=O) groups is 1. The zero-order chi connectivity index (χ0) is 12.5. The van der Waals surface area contributed by atoms with E-state index < -0.39 is 11.2 Å². The molecule has 0 aliphatic heterocycles. The Morgan fingerprint density at radius 1 is 1.38 bits per heavy atom. The molecule has 0 heterocycles. The van der Waals surface area contributed by atoms with Gasteiger partial charge in [-0.25, -0.2) is 4.39 Å². The number of benzene rings is 1. The number of carbonyl (C=O) groups excluding carboxylic acids is 1. The summed E-state index contributed by atoms with van der Waals surface area (Å²) in [4.78, 5) is 11.7. The Labute approximate surface area is 99.8 Å². The van der Waals surface area contributed by atoms with Crippen molar-refractivity contribution in [1.29, 1.82) is 0 Å². The van der Waals surface area contributed by atoms with Crippen LogP contribution in [0.4, 0.5) is 10.1 Å². The molecule has 0 spiro atoms. The van der Waals surface area contributed by atoms with E-state index in [1.165, 1.54) is 6.07 Å². The van der Waals surface area contributed by atoms with E-state index in [4.69, 9.17) is 11.6 Å². The van der Waals surface area contributed by atoms with E-state index in [9.17, 15) is 9.18 Å². The van der Waals surface area contributed by atoms with E-state index in [1.54, 1.807) is 33.8 Å². The summed E-state index contributed by atoms with van der Waals surface area (Å²) in [5, 5.41) is 2.74.